The third-order valence-corrected chi connectivity index (χ3v) is 5.92. The van der Waals surface area contributed by atoms with Gasteiger partial charge >= 0.3 is 0 Å². The van der Waals surface area contributed by atoms with Crippen LogP contribution < -0.4 is 10.0 Å². The van der Waals surface area contributed by atoms with Gasteiger partial charge in [-0.25, -0.2) is 18.5 Å². The highest BCUT2D eigenvalue weighted by Crippen LogP contribution is 2.33. The van der Waals surface area contributed by atoms with Gasteiger partial charge in [0.2, 0.25) is 15.9 Å². The lowest BCUT2D eigenvalue weighted by molar-refractivity contribution is -0.117. The molecule has 0 radical (unpaired) electrons. The number of hydrogen-bond acceptors (Lipinski definition) is 5. The number of aromatic nitrogens is 1. The zero-order valence-electron chi connectivity index (χ0n) is 10.1. The van der Waals surface area contributed by atoms with E-state index < -0.39 is 15.3 Å². The van der Waals surface area contributed by atoms with E-state index in [1.54, 1.807) is 0 Å². The van der Waals surface area contributed by atoms with Crippen LogP contribution in [0.5, 0.6) is 0 Å². The van der Waals surface area contributed by atoms with Crippen molar-refractivity contribution in [2.75, 3.05) is 11.4 Å². The fourth-order valence-corrected chi connectivity index (χ4v) is 4.14. The molecule has 0 saturated carbocycles. The highest BCUT2D eigenvalue weighted by atomic mass is 79.9. The van der Waals surface area contributed by atoms with Gasteiger partial charge in [-0.05, 0) is 18.2 Å². The van der Waals surface area contributed by atoms with Crippen LogP contribution in [0.1, 0.15) is 6.42 Å². The first-order valence-electron chi connectivity index (χ1n) is 5.72. The lowest BCUT2D eigenvalue weighted by atomic mass is 10.3. The number of thiazole rings is 1. The van der Waals surface area contributed by atoms with Crippen molar-refractivity contribution in [3.8, 4) is 0 Å². The summed E-state index contributed by atoms with van der Waals surface area (Å²) in [6, 6.07) is 5.65. The van der Waals surface area contributed by atoms with Gasteiger partial charge in [0, 0.05) is 17.4 Å². The van der Waals surface area contributed by atoms with Gasteiger partial charge in [0.05, 0.1) is 10.2 Å². The second kappa shape index (κ2) is 4.76. The van der Waals surface area contributed by atoms with Crippen LogP contribution in [0.4, 0.5) is 5.13 Å². The molecule has 1 saturated heterocycles. The van der Waals surface area contributed by atoms with E-state index in [1.807, 2.05) is 18.2 Å². The number of nitrogens with two attached hydrogens (primary N) is 1. The molecule has 2 N–H and O–H groups in total. The summed E-state index contributed by atoms with van der Waals surface area (Å²) in [5.74, 6) is -0.262. The maximum Gasteiger partial charge on any atom is 0.230 e. The van der Waals surface area contributed by atoms with Crippen molar-refractivity contribution in [2.24, 2.45) is 5.14 Å². The van der Waals surface area contributed by atoms with Crippen LogP contribution in [0, 0.1) is 0 Å². The molecule has 9 heteroatoms. The average molecular weight is 376 g/mol. The first-order chi connectivity index (χ1) is 9.34. The van der Waals surface area contributed by atoms with Crippen LogP contribution in [0.3, 0.4) is 0 Å². The third kappa shape index (κ3) is 2.46. The zero-order chi connectivity index (χ0) is 14.5. The van der Waals surface area contributed by atoms with Crippen LogP contribution in [-0.4, -0.2) is 31.1 Å². The Hall–Kier alpha value is -1.03. The lowest BCUT2D eigenvalue weighted by Gasteiger charge is -2.11. The van der Waals surface area contributed by atoms with Gasteiger partial charge in [0.15, 0.2) is 5.13 Å². The van der Waals surface area contributed by atoms with Gasteiger partial charge in [0.1, 0.15) is 5.25 Å². The minimum absolute atomic E-state index is 0.0681. The van der Waals surface area contributed by atoms with Crippen molar-refractivity contribution in [1.29, 1.82) is 0 Å². The number of carbonyl (C=O) groups excluding carboxylic acids is 1. The molecular weight excluding hydrogens is 366 g/mol. The topological polar surface area (TPSA) is 93.4 Å². The van der Waals surface area contributed by atoms with E-state index in [4.69, 9.17) is 5.14 Å². The summed E-state index contributed by atoms with van der Waals surface area (Å²) in [5.41, 5.74) is 0.770. The molecule has 20 heavy (non-hydrogen) atoms. The molecule has 1 aromatic heterocycles. The molecule has 1 aliphatic heterocycles. The maximum atomic E-state index is 11.9. The molecule has 0 bridgehead atoms. The number of anilines is 1. The van der Waals surface area contributed by atoms with Crippen molar-refractivity contribution in [3.63, 3.8) is 0 Å². The molecule has 1 amide bonds. The van der Waals surface area contributed by atoms with E-state index in [2.05, 4.69) is 20.9 Å². The Labute approximate surface area is 127 Å². The Morgan fingerprint density at radius 2 is 2.20 bits per heavy atom. The Morgan fingerprint density at radius 3 is 2.85 bits per heavy atom. The summed E-state index contributed by atoms with van der Waals surface area (Å²) < 4.78 is 24.5. The highest BCUT2D eigenvalue weighted by Gasteiger charge is 2.38. The number of carbonyl (C=O) groups is 1. The smallest absolute Gasteiger partial charge is 0.230 e. The van der Waals surface area contributed by atoms with Crippen LogP contribution in [0.25, 0.3) is 10.2 Å². The largest absolute Gasteiger partial charge is 0.287 e. The zero-order valence-corrected chi connectivity index (χ0v) is 13.3. The fourth-order valence-electron chi connectivity index (χ4n) is 2.08. The number of benzene rings is 1. The monoisotopic (exact) mass is 375 g/mol. The number of halogens is 1. The predicted octanol–water partition coefficient (Wildman–Crippen LogP) is 1.45. The molecule has 3 rings (SSSR count). The van der Waals surface area contributed by atoms with Crippen molar-refractivity contribution >= 4 is 58.5 Å². The van der Waals surface area contributed by atoms with Crippen LogP contribution in [-0.2, 0) is 14.8 Å². The number of sulfonamides is 1. The van der Waals surface area contributed by atoms with Gasteiger partial charge in [-0.2, -0.15) is 0 Å². The third-order valence-electron chi connectivity index (χ3n) is 3.12. The highest BCUT2D eigenvalue weighted by molar-refractivity contribution is 9.10. The molecule has 0 spiro atoms. The van der Waals surface area contributed by atoms with E-state index in [0.29, 0.717) is 5.13 Å². The maximum absolute atomic E-state index is 11.9. The Kier molecular flexibility index (Phi) is 3.32. The molecule has 1 aromatic carbocycles. The second-order valence-corrected chi connectivity index (χ2v) is 8.30. The van der Waals surface area contributed by atoms with Gasteiger partial charge in [-0.1, -0.05) is 27.3 Å². The van der Waals surface area contributed by atoms with Gasteiger partial charge in [-0.15, -0.1) is 0 Å². The first kappa shape index (κ1) is 13.9. The van der Waals surface area contributed by atoms with Crippen LogP contribution in [0.2, 0.25) is 0 Å². The Bertz CT molecular complexity index is 802. The lowest BCUT2D eigenvalue weighted by Crippen LogP contribution is -2.32. The quantitative estimate of drug-likeness (QED) is 0.859. The summed E-state index contributed by atoms with van der Waals surface area (Å²) in [5, 5.41) is 4.76. The SMILES string of the molecule is NS(=O)(=O)C1CC(=O)N(c2nc3cc(Br)ccc3s2)C1. The molecule has 2 heterocycles. The molecular formula is C11H10BrN3O3S2. The van der Waals surface area contributed by atoms with Crippen molar-refractivity contribution in [1.82, 2.24) is 4.98 Å². The minimum Gasteiger partial charge on any atom is -0.287 e. The van der Waals surface area contributed by atoms with E-state index in [-0.39, 0.29) is 18.9 Å². The number of amides is 1. The summed E-state index contributed by atoms with van der Waals surface area (Å²) in [6.07, 6.45) is -0.0849. The molecule has 0 aliphatic carbocycles. The van der Waals surface area contributed by atoms with Crippen LogP contribution in [0.15, 0.2) is 22.7 Å². The number of rotatable bonds is 2. The van der Waals surface area contributed by atoms with Gasteiger partial charge in [0.25, 0.3) is 0 Å². The minimum atomic E-state index is -3.71. The van der Waals surface area contributed by atoms with Crippen molar-refractivity contribution < 1.29 is 13.2 Å². The molecule has 1 atom stereocenters. The predicted molar refractivity (Wildman–Crippen MR) is 81.2 cm³/mol. The van der Waals surface area contributed by atoms with Gasteiger partial charge < -0.3 is 0 Å². The second-order valence-electron chi connectivity index (χ2n) is 4.53. The van der Waals surface area contributed by atoms with E-state index in [0.717, 1.165) is 14.7 Å². The average Bonchev–Trinajstić information content (AvgIpc) is 2.90. The number of hydrogen-bond donors (Lipinski definition) is 1. The summed E-state index contributed by atoms with van der Waals surface area (Å²) in [4.78, 5) is 17.7. The summed E-state index contributed by atoms with van der Waals surface area (Å²) >= 11 is 4.72. The van der Waals surface area contributed by atoms with E-state index in [1.165, 1.54) is 16.2 Å². The first-order valence-corrected chi connectivity index (χ1v) is 8.94. The molecule has 1 unspecified atom stereocenters. The molecule has 106 valence electrons. The summed E-state index contributed by atoms with van der Waals surface area (Å²) in [6.45, 7) is 0.0681. The molecule has 1 aliphatic rings. The Balaban J connectivity index is 1.97. The van der Waals surface area contributed by atoms with Crippen LogP contribution >= 0.6 is 27.3 Å². The van der Waals surface area contributed by atoms with Crippen molar-refractivity contribution in [3.05, 3.63) is 22.7 Å². The Morgan fingerprint density at radius 1 is 1.45 bits per heavy atom. The fraction of sp³-hybridized carbons (Fsp3) is 0.273. The number of nitrogens with zero attached hydrogens (tertiary/aromatic N) is 2. The van der Waals surface area contributed by atoms with Crippen molar-refractivity contribution in [2.45, 2.75) is 11.7 Å². The molecule has 6 nitrogen and oxygen atoms in total. The normalized spacial score (nSPS) is 20.0. The van der Waals surface area contributed by atoms with E-state index >= 15 is 0 Å². The molecule has 2 aromatic rings. The molecule has 1 fully saturated rings. The number of primary sulfonamides is 1. The van der Waals surface area contributed by atoms with E-state index in [9.17, 15) is 13.2 Å². The standard InChI is InChI=1S/C11H10BrN3O3S2/c12-6-1-2-9-8(3-6)14-11(19-9)15-5-7(4-10(15)16)20(13,17)18/h1-3,7H,4-5H2,(H2,13,17,18). The summed E-state index contributed by atoms with van der Waals surface area (Å²) in [7, 11) is -3.71. The van der Waals surface area contributed by atoms with Gasteiger partial charge in [-0.3, -0.25) is 9.69 Å². The number of fused-ring (bicyclic) bond motifs is 1.